The highest BCUT2D eigenvalue weighted by Gasteiger charge is 2.20. The Labute approximate surface area is 193 Å². The number of aryl methyl sites for hydroxylation is 1. The summed E-state index contributed by atoms with van der Waals surface area (Å²) in [5, 5.41) is 6.42. The van der Waals surface area contributed by atoms with E-state index < -0.39 is 0 Å². The number of imidazole rings is 1. The maximum absolute atomic E-state index is 11.4. The number of aromatic nitrogens is 2. The van der Waals surface area contributed by atoms with E-state index in [4.69, 9.17) is 9.72 Å². The van der Waals surface area contributed by atoms with E-state index >= 15 is 0 Å². The van der Waals surface area contributed by atoms with Crippen molar-refractivity contribution >= 4 is 16.9 Å². The molecule has 1 aromatic heterocycles. The first-order valence-corrected chi connectivity index (χ1v) is 11.3. The first-order chi connectivity index (χ1) is 16.1. The van der Waals surface area contributed by atoms with Crippen molar-refractivity contribution in [3.8, 4) is 28.3 Å². The molecule has 3 N–H and O–H groups in total. The van der Waals surface area contributed by atoms with Gasteiger partial charge in [-0.3, -0.25) is 4.79 Å². The van der Waals surface area contributed by atoms with E-state index in [2.05, 4.69) is 71.1 Å². The summed E-state index contributed by atoms with van der Waals surface area (Å²) in [5.41, 5.74) is 7.60. The van der Waals surface area contributed by atoms with Gasteiger partial charge in [-0.05, 0) is 42.2 Å². The third-order valence-corrected chi connectivity index (χ3v) is 6.34. The summed E-state index contributed by atoms with van der Waals surface area (Å²) in [5.74, 6) is 1.78. The predicted molar refractivity (Wildman–Crippen MR) is 131 cm³/mol. The minimum Gasteiger partial charge on any atom is -0.496 e. The van der Waals surface area contributed by atoms with Gasteiger partial charge >= 0.3 is 0 Å². The lowest BCUT2D eigenvalue weighted by Crippen LogP contribution is -2.35. The number of fused-ring (bicyclic) bond motifs is 1. The maximum atomic E-state index is 11.4. The summed E-state index contributed by atoms with van der Waals surface area (Å²) in [7, 11) is 1.69. The Bertz CT molecular complexity index is 1300. The Morgan fingerprint density at radius 1 is 1.09 bits per heavy atom. The number of hydrogen-bond acceptors (Lipinski definition) is 4. The number of amides is 1. The van der Waals surface area contributed by atoms with Crippen LogP contribution in [0.4, 0.5) is 0 Å². The summed E-state index contributed by atoms with van der Waals surface area (Å²) < 4.78 is 5.67. The Hall–Kier alpha value is -3.64. The summed E-state index contributed by atoms with van der Waals surface area (Å²) in [4.78, 5) is 19.8. The van der Waals surface area contributed by atoms with Crippen molar-refractivity contribution in [3.05, 3.63) is 71.8 Å². The van der Waals surface area contributed by atoms with Gasteiger partial charge in [0.15, 0.2) is 0 Å². The molecule has 1 atom stereocenters. The molecule has 1 fully saturated rings. The summed E-state index contributed by atoms with van der Waals surface area (Å²) in [6.07, 6.45) is 1.51. The highest BCUT2D eigenvalue weighted by atomic mass is 16.5. The molecule has 0 saturated carbocycles. The van der Waals surface area contributed by atoms with E-state index in [1.807, 2.05) is 12.1 Å². The zero-order valence-corrected chi connectivity index (χ0v) is 18.9. The quantitative estimate of drug-likeness (QED) is 0.393. The third kappa shape index (κ3) is 4.34. The highest BCUT2D eigenvalue weighted by Crippen LogP contribution is 2.32. The molecule has 33 heavy (non-hydrogen) atoms. The second-order valence-corrected chi connectivity index (χ2v) is 8.55. The second kappa shape index (κ2) is 9.08. The molecule has 0 bridgehead atoms. The van der Waals surface area contributed by atoms with Crippen LogP contribution in [0, 0.1) is 6.92 Å². The number of carbonyl (C=O) groups is 1. The van der Waals surface area contributed by atoms with Crippen molar-refractivity contribution < 1.29 is 9.53 Å². The molecule has 168 valence electrons. The minimum absolute atomic E-state index is 0.140. The molecule has 4 aromatic rings. The van der Waals surface area contributed by atoms with Crippen LogP contribution in [-0.4, -0.2) is 35.6 Å². The van der Waals surface area contributed by atoms with Crippen molar-refractivity contribution in [1.82, 2.24) is 20.6 Å². The maximum Gasteiger partial charge on any atom is 0.220 e. The van der Waals surface area contributed by atoms with E-state index in [0.717, 1.165) is 52.3 Å². The van der Waals surface area contributed by atoms with Crippen LogP contribution in [0.1, 0.15) is 24.0 Å². The number of benzene rings is 3. The number of carbonyl (C=O) groups excluding carboxylic acids is 1. The first-order valence-electron chi connectivity index (χ1n) is 11.3. The number of hydrogen-bond donors (Lipinski definition) is 3. The molecule has 1 aliphatic heterocycles. The highest BCUT2D eigenvalue weighted by molar-refractivity contribution is 5.88. The van der Waals surface area contributed by atoms with Gasteiger partial charge < -0.3 is 20.4 Å². The Morgan fingerprint density at radius 3 is 2.70 bits per heavy atom. The predicted octanol–water partition coefficient (Wildman–Crippen LogP) is 4.58. The fourth-order valence-electron chi connectivity index (χ4n) is 4.53. The van der Waals surface area contributed by atoms with Crippen molar-refractivity contribution in [3.63, 3.8) is 0 Å². The van der Waals surface area contributed by atoms with Crippen LogP contribution in [-0.2, 0) is 11.3 Å². The van der Waals surface area contributed by atoms with Crippen molar-refractivity contribution in [2.45, 2.75) is 32.4 Å². The zero-order valence-electron chi connectivity index (χ0n) is 18.9. The molecule has 1 saturated heterocycles. The van der Waals surface area contributed by atoms with Crippen molar-refractivity contribution in [2.75, 3.05) is 13.7 Å². The largest absolute Gasteiger partial charge is 0.496 e. The molecule has 5 rings (SSSR count). The van der Waals surface area contributed by atoms with Crippen LogP contribution in [0.5, 0.6) is 5.75 Å². The van der Waals surface area contributed by atoms with Gasteiger partial charge in [-0.15, -0.1) is 0 Å². The van der Waals surface area contributed by atoms with Gasteiger partial charge in [0.2, 0.25) is 5.91 Å². The summed E-state index contributed by atoms with van der Waals surface area (Å²) in [6.45, 7) is 3.55. The molecule has 0 unspecified atom stereocenters. The molecule has 0 spiro atoms. The van der Waals surface area contributed by atoms with E-state index in [-0.39, 0.29) is 11.9 Å². The zero-order chi connectivity index (χ0) is 22.8. The monoisotopic (exact) mass is 440 g/mol. The SMILES string of the molecule is COc1cc(-c2nc3c(C)c(-c4ccccc4)ccc3[nH]2)ccc1CNC[C@@H]1CCC(=O)N1. The van der Waals surface area contributed by atoms with Crippen LogP contribution in [0.25, 0.3) is 33.5 Å². The lowest BCUT2D eigenvalue weighted by Gasteiger charge is -2.14. The fourth-order valence-corrected chi connectivity index (χ4v) is 4.53. The fraction of sp³-hybridized carbons (Fsp3) is 0.259. The smallest absolute Gasteiger partial charge is 0.220 e. The molecule has 6 nitrogen and oxygen atoms in total. The Kier molecular flexibility index (Phi) is 5.84. The molecule has 6 heteroatoms. The van der Waals surface area contributed by atoms with E-state index in [1.165, 1.54) is 11.1 Å². The van der Waals surface area contributed by atoms with Crippen molar-refractivity contribution in [1.29, 1.82) is 0 Å². The van der Waals surface area contributed by atoms with Gasteiger partial charge in [-0.25, -0.2) is 4.98 Å². The summed E-state index contributed by atoms with van der Waals surface area (Å²) in [6, 6.07) is 21.0. The number of nitrogens with one attached hydrogen (secondary N) is 3. The number of aromatic amines is 1. The third-order valence-electron chi connectivity index (χ3n) is 6.34. The topological polar surface area (TPSA) is 79.0 Å². The van der Waals surface area contributed by atoms with Crippen molar-refractivity contribution in [2.24, 2.45) is 0 Å². The number of nitrogens with zero attached hydrogens (tertiary/aromatic N) is 1. The van der Waals surface area contributed by atoms with Gasteiger partial charge in [0.1, 0.15) is 11.6 Å². The molecule has 1 aliphatic rings. The first kappa shape index (κ1) is 21.2. The number of H-pyrrole nitrogens is 1. The number of rotatable bonds is 7. The van der Waals surface area contributed by atoms with Gasteiger partial charge in [0.05, 0.1) is 18.1 Å². The second-order valence-electron chi connectivity index (χ2n) is 8.55. The minimum atomic E-state index is 0.140. The normalized spacial score (nSPS) is 15.7. The Balaban J connectivity index is 1.37. The van der Waals surface area contributed by atoms with Crippen LogP contribution >= 0.6 is 0 Å². The van der Waals surface area contributed by atoms with Gasteiger partial charge in [0.25, 0.3) is 0 Å². The molecule has 0 radical (unpaired) electrons. The molecular formula is C27H28N4O2. The number of methoxy groups -OCH3 is 1. The van der Waals surface area contributed by atoms with E-state index in [0.29, 0.717) is 13.0 Å². The molecule has 3 aromatic carbocycles. The van der Waals surface area contributed by atoms with Crippen LogP contribution in [0.2, 0.25) is 0 Å². The van der Waals surface area contributed by atoms with Gasteiger partial charge in [0, 0.05) is 36.7 Å². The molecule has 2 heterocycles. The molecular weight excluding hydrogens is 412 g/mol. The van der Waals surface area contributed by atoms with Gasteiger partial charge in [-0.1, -0.05) is 48.5 Å². The average molecular weight is 441 g/mol. The van der Waals surface area contributed by atoms with E-state index in [9.17, 15) is 4.79 Å². The van der Waals surface area contributed by atoms with Crippen LogP contribution in [0.15, 0.2) is 60.7 Å². The molecule has 0 aliphatic carbocycles. The summed E-state index contributed by atoms with van der Waals surface area (Å²) >= 11 is 0. The molecule has 1 amide bonds. The van der Waals surface area contributed by atoms with Gasteiger partial charge in [-0.2, -0.15) is 0 Å². The Morgan fingerprint density at radius 2 is 1.94 bits per heavy atom. The standard InChI is InChI=1S/C27H28N4O2/c1-17-22(18-6-4-3-5-7-18)11-12-23-26(17)31-27(30-23)19-8-9-20(24(14-19)33-2)15-28-16-21-10-13-25(32)29-21/h3-9,11-12,14,21,28H,10,13,15-16H2,1-2H3,(H,29,32)(H,30,31)/t21-/m0/s1. The number of ether oxygens (including phenoxy) is 1. The lowest BCUT2D eigenvalue weighted by atomic mass is 9.99. The van der Waals surface area contributed by atoms with E-state index in [1.54, 1.807) is 7.11 Å². The van der Waals surface area contributed by atoms with Crippen LogP contribution in [0.3, 0.4) is 0 Å². The van der Waals surface area contributed by atoms with Crippen LogP contribution < -0.4 is 15.4 Å². The average Bonchev–Trinajstić information content (AvgIpc) is 3.47. The lowest BCUT2D eigenvalue weighted by molar-refractivity contribution is -0.119.